The van der Waals surface area contributed by atoms with Crippen LogP contribution in [0.4, 0.5) is 5.82 Å². The van der Waals surface area contributed by atoms with Crippen molar-refractivity contribution in [2.24, 2.45) is 0 Å². The fourth-order valence-corrected chi connectivity index (χ4v) is 2.21. The summed E-state index contributed by atoms with van der Waals surface area (Å²) in [5.41, 5.74) is 0.982. The van der Waals surface area contributed by atoms with Gasteiger partial charge in [0, 0.05) is 24.1 Å². The number of hydrogen-bond donors (Lipinski definition) is 1. The molecule has 4 nitrogen and oxygen atoms in total. The van der Waals surface area contributed by atoms with Gasteiger partial charge in [0.2, 0.25) is 5.88 Å². The summed E-state index contributed by atoms with van der Waals surface area (Å²) >= 11 is 5.95. The summed E-state index contributed by atoms with van der Waals surface area (Å²) in [7, 11) is 1.84. The van der Waals surface area contributed by atoms with Gasteiger partial charge in [-0.25, -0.2) is 4.98 Å². The molecule has 0 atom stereocenters. The van der Waals surface area contributed by atoms with Crippen molar-refractivity contribution < 1.29 is 4.74 Å². The van der Waals surface area contributed by atoms with Crippen molar-refractivity contribution in [3.63, 3.8) is 0 Å². The molecule has 3 rings (SSSR count). The largest absolute Gasteiger partial charge is 0.439 e. The molecule has 0 spiro atoms. The number of hydrogen-bond acceptors (Lipinski definition) is 4. The van der Waals surface area contributed by atoms with Crippen LogP contribution in [0.5, 0.6) is 11.6 Å². The second-order valence-corrected chi connectivity index (χ2v) is 5.42. The summed E-state index contributed by atoms with van der Waals surface area (Å²) in [6.45, 7) is 1.96. The quantitative estimate of drug-likeness (QED) is 0.918. The second kappa shape index (κ2) is 5.29. The summed E-state index contributed by atoms with van der Waals surface area (Å²) in [6.07, 6.45) is 2.32. The number of nitrogens with one attached hydrogen (secondary N) is 1. The molecule has 0 amide bonds. The molecular formula is C15H16ClN3O. The van der Waals surface area contributed by atoms with Crippen molar-refractivity contribution in [2.45, 2.75) is 25.7 Å². The third-order valence-electron chi connectivity index (χ3n) is 3.27. The predicted octanol–water partition coefficient (Wildman–Crippen LogP) is 4.15. The molecule has 1 saturated carbocycles. The molecule has 0 saturated heterocycles. The zero-order valence-electron chi connectivity index (χ0n) is 11.5. The van der Waals surface area contributed by atoms with E-state index in [9.17, 15) is 0 Å². The van der Waals surface area contributed by atoms with Gasteiger partial charge < -0.3 is 10.1 Å². The Morgan fingerprint density at radius 1 is 1.25 bits per heavy atom. The molecule has 1 N–H and O–H groups in total. The van der Waals surface area contributed by atoms with Crippen molar-refractivity contribution in [3.8, 4) is 11.6 Å². The Hall–Kier alpha value is -1.81. The Balaban J connectivity index is 1.91. The number of anilines is 1. The van der Waals surface area contributed by atoms with E-state index >= 15 is 0 Å². The van der Waals surface area contributed by atoms with Crippen molar-refractivity contribution in [1.29, 1.82) is 0 Å². The van der Waals surface area contributed by atoms with Crippen LogP contribution in [0, 0.1) is 6.92 Å². The molecule has 0 radical (unpaired) electrons. The lowest BCUT2D eigenvalue weighted by Crippen LogP contribution is -2.01. The van der Waals surface area contributed by atoms with E-state index in [1.165, 1.54) is 0 Å². The first kappa shape index (κ1) is 13.2. The normalized spacial score (nSPS) is 14.2. The number of nitrogens with zero attached hydrogens (tertiary/aromatic N) is 2. The van der Waals surface area contributed by atoms with E-state index in [-0.39, 0.29) is 0 Å². The number of rotatable bonds is 4. The number of aromatic nitrogens is 2. The maximum atomic E-state index is 5.95. The van der Waals surface area contributed by atoms with Gasteiger partial charge in [0.1, 0.15) is 17.4 Å². The van der Waals surface area contributed by atoms with Crippen LogP contribution >= 0.6 is 11.6 Å². The number of halogens is 1. The topological polar surface area (TPSA) is 47.0 Å². The molecule has 1 aliphatic carbocycles. The molecular weight excluding hydrogens is 274 g/mol. The van der Waals surface area contributed by atoms with Gasteiger partial charge in [-0.1, -0.05) is 11.6 Å². The van der Waals surface area contributed by atoms with Gasteiger partial charge in [-0.05, 0) is 43.5 Å². The highest BCUT2D eigenvalue weighted by molar-refractivity contribution is 6.30. The third kappa shape index (κ3) is 2.85. The molecule has 1 aromatic carbocycles. The van der Waals surface area contributed by atoms with E-state index in [0.717, 1.165) is 35.8 Å². The van der Waals surface area contributed by atoms with E-state index in [0.29, 0.717) is 16.8 Å². The summed E-state index contributed by atoms with van der Waals surface area (Å²) in [4.78, 5) is 8.96. The van der Waals surface area contributed by atoms with Gasteiger partial charge in [-0.2, -0.15) is 4.98 Å². The minimum atomic E-state index is 0.483. The summed E-state index contributed by atoms with van der Waals surface area (Å²) in [5.74, 6) is 3.45. The molecule has 20 heavy (non-hydrogen) atoms. The molecule has 5 heteroatoms. The first-order valence-electron chi connectivity index (χ1n) is 6.66. The van der Waals surface area contributed by atoms with Gasteiger partial charge in [-0.15, -0.1) is 0 Å². The van der Waals surface area contributed by atoms with Gasteiger partial charge in [0.25, 0.3) is 0 Å². The molecule has 2 aromatic rings. The van der Waals surface area contributed by atoms with Gasteiger partial charge in [-0.3, -0.25) is 0 Å². The number of aryl methyl sites for hydroxylation is 1. The SMILES string of the molecule is CNc1cc(Oc2ccc(Cl)cc2C)nc(C2CC2)n1. The predicted molar refractivity (Wildman–Crippen MR) is 79.8 cm³/mol. The van der Waals surface area contributed by atoms with E-state index in [1.807, 2.05) is 32.2 Å². The Labute approximate surface area is 123 Å². The van der Waals surface area contributed by atoms with Gasteiger partial charge in [0.15, 0.2) is 0 Å². The molecule has 1 aliphatic rings. The standard InChI is InChI=1S/C15H16ClN3O/c1-9-7-11(16)5-6-12(9)20-14-8-13(17-2)18-15(19-14)10-3-4-10/h5-8,10H,3-4H2,1-2H3,(H,17,18,19). The number of ether oxygens (including phenoxy) is 1. The Morgan fingerprint density at radius 2 is 2.05 bits per heavy atom. The van der Waals surface area contributed by atoms with Crippen molar-refractivity contribution in [2.75, 3.05) is 12.4 Å². The van der Waals surface area contributed by atoms with Gasteiger partial charge >= 0.3 is 0 Å². The average molecular weight is 290 g/mol. The minimum Gasteiger partial charge on any atom is -0.439 e. The smallest absolute Gasteiger partial charge is 0.224 e. The molecule has 1 aromatic heterocycles. The second-order valence-electron chi connectivity index (χ2n) is 4.99. The maximum absolute atomic E-state index is 5.95. The van der Waals surface area contributed by atoms with E-state index < -0.39 is 0 Å². The van der Waals surface area contributed by atoms with E-state index in [2.05, 4.69) is 15.3 Å². The monoisotopic (exact) mass is 289 g/mol. The molecule has 1 heterocycles. The van der Waals surface area contributed by atoms with Crippen LogP contribution in [-0.2, 0) is 0 Å². The lowest BCUT2D eigenvalue weighted by molar-refractivity contribution is 0.455. The van der Waals surface area contributed by atoms with E-state index in [1.54, 1.807) is 6.07 Å². The Kier molecular flexibility index (Phi) is 3.49. The van der Waals surface area contributed by atoms with Crippen LogP contribution in [0.2, 0.25) is 5.02 Å². The fourth-order valence-electron chi connectivity index (χ4n) is 1.99. The first-order chi connectivity index (χ1) is 9.65. The van der Waals surface area contributed by atoms with E-state index in [4.69, 9.17) is 16.3 Å². The lowest BCUT2D eigenvalue weighted by atomic mass is 10.2. The third-order valence-corrected chi connectivity index (χ3v) is 3.51. The van der Waals surface area contributed by atoms with Gasteiger partial charge in [0.05, 0.1) is 0 Å². The zero-order valence-corrected chi connectivity index (χ0v) is 12.2. The van der Waals surface area contributed by atoms with Crippen molar-refractivity contribution in [1.82, 2.24) is 9.97 Å². The lowest BCUT2D eigenvalue weighted by Gasteiger charge is -2.10. The molecule has 1 fully saturated rings. The van der Waals surface area contributed by atoms with Crippen LogP contribution in [0.1, 0.15) is 30.1 Å². The van der Waals surface area contributed by atoms with Crippen LogP contribution in [0.3, 0.4) is 0 Å². The molecule has 104 valence electrons. The summed E-state index contributed by atoms with van der Waals surface area (Å²) in [6, 6.07) is 7.35. The molecule has 0 bridgehead atoms. The van der Waals surface area contributed by atoms with Crippen LogP contribution in [0.25, 0.3) is 0 Å². The van der Waals surface area contributed by atoms with Crippen molar-refractivity contribution >= 4 is 17.4 Å². The van der Waals surface area contributed by atoms with Crippen LogP contribution in [-0.4, -0.2) is 17.0 Å². The van der Waals surface area contributed by atoms with Crippen molar-refractivity contribution in [3.05, 3.63) is 40.7 Å². The molecule has 0 unspecified atom stereocenters. The highest BCUT2D eigenvalue weighted by atomic mass is 35.5. The highest BCUT2D eigenvalue weighted by Gasteiger charge is 2.27. The Morgan fingerprint density at radius 3 is 2.70 bits per heavy atom. The highest BCUT2D eigenvalue weighted by Crippen LogP contribution is 2.39. The summed E-state index contributed by atoms with van der Waals surface area (Å²) in [5, 5.41) is 3.75. The first-order valence-corrected chi connectivity index (χ1v) is 7.04. The Bertz CT molecular complexity index is 641. The minimum absolute atomic E-state index is 0.483. The number of benzene rings is 1. The fraction of sp³-hybridized carbons (Fsp3) is 0.333. The molecule has 0 aliphatic heterocycles. The maximum Gasteiger partial charge on any atom is 0.224 e. The van der Waals surface area contributed by atoms with Crippen LogP contribution in [0.15, 0.2) is 24.3 Å². The zero-order chi connectivity index (χ0) is 14.1. The van der Waals surface area contributed by atoms with Crippen LogP contribution < -0.4 is 10.1 Å². The average Bonchev–Trinajstić information content (AvgIpc) is 3.26. The summed E-state index contributed by atoms with van der Waals surface area (Å²) < 4.78 is 5.88.